The standard InChI is InChI=1S/C18H25ClN4OS/c1-3-4-5-6-11-20-17(24)13-23(2)18-21-16(22-25-18)12-14-7-9-15(19)10-8-14/h7-10H,3-6,11-13H2,1-2H3,(H,20,24). The summed E-state index contributed by atoms with van der Waals surface area (Å²) in [6.45, 7) is 3.21. The molecule has 0 saturated heterocycles. The molecule has 2 rings (SSSR count). The molecule has 136 valence electrons. The van der Waals surface area contributed by atoms with E-state index in [4.69, 9.17) is 11.6 Å². The van der Waals surface area contributed by atoms with Crippen LogP contribution in [0.5, 0.6) is 0 Å². The largest absolute Gasteiger partial charge is 0.355 e. The van der Waals surface area contributed by atoms with E-state index in [1.807, 2.05) is 36.2 Å². The summed E-state index contributed by atoms with van der Waals surface area (Å²) in [5, 5.41) is 4.43. The Morgan fingerprint density at radius 2 is 2.00 bits per heavy atom. The molecule has 1 N–H and O–H groups in total. The Morgan fingerprint density at radius 3 is 2.72 bits per heavy atom. The van der Waals surface area contributed by atoms with Gasteiger partial charge < -0.3 is 10.2 Å². The van der Waals surface area contributed by atoms with Crippen molar-refractivity contribution in [3.8, 4) is 0 Å². The molecule has 1 amide bonds. The zero-order valence-electron chi connectivity index (χ0n) is 14.8. The van der Waals surface area contributed by atoms with E-state index < -0.39 is 0 Å². The summed E-state index contributed by atoms with van der Waals surface area (Å²) in [6.07, 6.45) is 5.28. The van der Waals surface area contributed by atoms with E-state index in [9.17, 15) is 4.79 Å². The quantitative estimate of drug-likeness (QED) is 0.635. The van der Waals surface area contributed by atoms with Crippen molar-refractivity contribution in [3.63, 3.8) is 0 Å². The molecule has 2 aromatic rings. The molecule has 1 aromatic carbocycles. The normalized spacial score (nSPS) is 10.7. The smallest absolute Gasteiger partial charge is 0.239 e. The molecule has 0 bridgehead atoms. The second-order valence-electron chi connectivity index (χ2n) is 6.06. The molecular weight excluding hydrogens is 356 g/mol. The molecule has 0 fully saturated rings. The first-order valence-corrected chi connectivity index (χ1v) is 9.78. The first-order valence-electron chi connectivity index (χ1n) is 8.63. The number of likely N-dealkylation sites (N-methyl/N-ethyl adjacent to an activating group) is 1. The number of anilines is 1. The van der Waals surface area contributed by atoms with Crippen molar-refractivity contribution >= 4 is 34.2 Å². The maximum atomic E-state index is 12.0. The minimum absolute atomic E-state index is 0.0217. The number of hydrogen-bond acceptors (Lipinski definition) is 5. The Bertz CT molecular complexity index is 659. The molecular formula is C18H25ClN4OS. The number of rotatable bonds is 10. The highest BCUT2D eigenvalue weighted by atomic mass is 35.5. The van der Waals surface area contributed by atoms with Crippen LogP contribution in [0, 0.1) is 0 Å². The fourth-order valence-electron chi connectivity index (χ4n) is 2.37. The molecule has 0 unspecified atom stereocenters. The van der Waals surface area contributed by atoms with Gasteiger partial charge in [0, 0.05) is 36.6 Å². The van der Waals surface area contributed by atoms with E-state index in [-0.39, 0.29) is 5.91 Å². The van der Waals surface area contributed by atoms with Gasteiger partial charge in [-0.3, -0.25) is 4.79 Å². The van der Waals surface area contributed by atoms with Crippen LogP contribution in [-0.4, -0.2) is 35.4 Å². The van der Waals surface area contributed by atoms with E-state index in [2.05, 4.69) is 21.6 Å². The van der Waals surface area contributed by atoms with Gasteiger partial charge in [-0.05, 0) is 24.1 Å². The molecule has 0 radical (unpaired) electrons. The van der Waals surface area contributed by atoms with Crippen molar-refractivity contribution < 1.29 is 4.79 Å². The number of hydrogen-bond donors (Lipinski definition) is 1. The highest BCUT2D eigenvalue weighted by molar-refractivity contribution is 7.09. The summed E-state index contributed by atoms with van der Waals surface area (Å²) < 4.78 is 4.38. The molecule has 0 saturated carbocycles. The molecule has 5 nitrogen and oxygen atoms in total. The van der Waals surface area contributed by atoms with E-state index in [0.717, 1.165) is 40.9 Å². The summed E-state index contributed by atoms with van der Waals surface area (Å²) in [6, 6.07) is 7.67. The second-order valence-corrected chi connectivity index (χ2v) is 7.23. The molecule has 1 aromatic heterocycles. The zero-order chi connectivity index (χ0) is 18.1. The maximum absolute atomic E-state index is 12.0. The predicted molar refractivity (Wildman–Crippen MR) is 105 cm³/mol. The van der Waals surface area contributed by atoms with Crippen molar-refractivity contribution in [2.24, 2.45) is 0 Å². The Hall–Kier alpha value is -1.66. The third-order valence-electron chi connectivity index (χ3n) is 3.79. The predicted octanol–water partition coefficient (Wildman–Crippen LogP) is 3.92. The van der Waals surface area contributed by atoms with Crippen LogP contribution >= 0.6 is 23.1 Å². The lowest BCUT2D eigenvalue weighted by atomic mass is 10.1. The summed E-state index contributed by atoms with van der Waals surface area (Å²) >= 11 is 7.21. The first kappa shape index (κ1) is 19.7. The number of aromatic nitrogens is 2. The number of carbonyl (C=O) groups excluding carboxylic acids is 1. The van der Waals surface area contributed by atoms with Gasteiger partial charge in [0.25, 0.3) is 0 Å². The lowest BCUT2D eigenvalue weighted by Crippen LogP contribution is -2.35. The fourth-order valence-corrected chi connectivity index (χ4v) is 3.14. The number of nitrogens with zero attached hydrogens (tertiary/aromatic N) is 3. The van der Waals surface area contributed by atoms with Gasteiger partial charge in [0.05, 0.1) is 6.54 Å². The summed E-state index contributed by atoms with van der Waals surface area (Å²) in [7, 11) is 1.86. The van der Waals surface area contributed by atoms with Gasteiger partial charge >= 0.3 is 0 Å². The molecule has 1 heterocycles. The maximum Gasteiger partial charge on any atom is 0.239 e. The molecule has 0 spiro atoms. The number of nitrogens with one attached hydrogen (secondary N) is 1. The lowest BCUT2D eigenvalue weighted by molar-refractivity contribution is -0.119. The molecule has 0 aliphatic carbocycles. The zero-order valence-corrected chi connectivity index (χ0v) is 16.4. The van der Waals surface area contributed by atoms with Gasteiger partial charge in [0.2, 0.25) is 11.0 Å². The van der Waals surface area contributed by atoms with E-state index in [1.165, 1.54) is 24.4 Å². The van der Waals surface area contributed by atoms with Crippen molar-refractivity contribution in [3.05, 3.63) is 40.7 Å². The average molecular weight is 381 g/mol. The van der Waals surface area contributed by atoms with Crippen molar-refractivity contribution in [1.29, 1.82) is 0 Å². The van der Waals surface area contributed by atoms with Crippen LogP contribution in [0.1, 0.15) is 44.0 Å². The van der Waals surface area contributed by atoms with Crippen LogP contribution in [-0.2, 0) is 11.2 Å². The lowest BCUT2D eigenvalue weighted by Gasteiger charge is -2.14. The van der Waals surface area contributed by atoms with Gasteiger partial charge in [0.15, 0.2) is 0 Å². The number of carbonyl (C=O) groups is 1. The van der Waals surface area contributed by atoms with Crippen LogP contribution in [0.4, 0.5) is 5.13 Å². The SMILES string of the molecule is CCCCCCNC(=O)CN(C)c1nc(Cc2ccc(Cl)cc2)ns1. The van der Waals surface area contributed by atoms with Crippen LogP contribution in [0.15, 0.2) is 24.3 Å². The van der Waals surface area contributed by atoms with Crippen LogP contribution in [0.2, 0.25) is 5.02 Å². The molecule has 0 aliphatic rings. The highest BCUT2D eigenvalue weighted by Crippen LogP contribution is 2.18. The van der Waals surface area contributed by atoms with Gasteiger partial charge in [0.1, 0.15) is 5.82 Å². The van der Waals surface area contributed by atoms with Crippen LogP contribution in [0.25, 0.3) is 0 Å². The topological polar surface area (TPSA) is 58.1 Å². The van der Waals surface area contributed by atoms with E-state index >= 15 is 0 Å². The van der Waals surface area contributed by atoms with Crippen molar-refractivity contribution in [2.45, 2.75) is 39.0 Å². The number of unbranched alkanes of at least 4 members (excludes halogenated alkanes) is 3. The van der Waals surface area contributed by atoms with Gasteiger partial charge in [-0.1, -0.05) is 49.9 Å². The van der Waals surface area contributed by atoms with Crippen molar-refractivity contribution in [1.82, 2.24) is 14.7 Å². The first-order chi connectivity index (χ1) is 12.1. The fraction of sp³-hybridized carbons (Fsp3) is 0.500. The minimum Gasteiger partial charge on any atom is -0.355 e. The summed E-state index contributed by atoms with van der Waals surface area (Å²) in [5.41, 5.74) is 1.11. The minimum atomic E-state index is 0.0217. The van der Waals surface area contributed by atoms with Crippen LogP contribution in [0.3, 0.4) is 0 Å². The summed E-state index contributed by atoms with van der Waals surface area (Å²) in [5.74, 6) is 0.780. The molecule has 25 heavy (non-hydrogen) atoms. The van der Waals surface area contributed by atoms with Gasteiger partial charge in [-0.25, -0.2) is 4.98 Å². The number of halogens is 1. The third kappa shape index (κ3) is 7.00. The Morgan fingerprint density at radius 1 is 1.24 bits per heavy atom. The Balaban J connectivity index is 1.78. The monoisotopic (exact) mass is 380 g/mol. The number of amides is 1. The second kappa shape index (κ2) is 10.4. The average Bonchev–Trinajstić information content (AvgIpc) is 3.05. The Kier molecular flexibility index (Phi) is 8.15. The number of benzene rings is 1. The van der Waals surface area contributed by atoms with Crippen molar-refractivity contribution in [2.75, 3.05) is 25.0 Å². The highest BCUT2D eigenvalue weighted by Gasteiger charge is 2.12. The molecule has 0 aliphatic heterocycles. The Labute approximate surface area is 158 Å². The van der Waals surface area contributed by atoms with Crippen LogP contribution < -0.4 is 10.2 Å². The van der Waals surface area contributed by atoms with E-state index in [0.29, 0.717) is 13.0 Å². The van der Waals surface area contributed by atoms with Gasteiger partial charge in [-0.2, -0.15) is 4.37 Å². The third-order valence-corrected chi connectivity index (χ3v) is 4.91. The molecule has 7 heteroatoms. The molecule has 0 atom stereocenters. The van der Waals surface area contributed by atoms with E-state index in [1.54, 1.807) is 0 Å². The van der Waals surface area contributed by atoms with Gasteiger partial charge in [-0.15, -0.1) is 0 Å². The summed E-state index contributed by atoms with van der Waals surface area (Å²) in [4.78, 5) is 18.3.